The minimum atomic E-state index is -0.888. The normalized spacial score (nSPS) is 16.1. The second-order valence-electron chi connectivity index (χ2n) is 2.10. The number of rotatable bonds is 6. The molecular formula is C8H14O2S2. The van der Waals surface area contributed by atoms with E-state index in [2.05, 4.69) is 6.58 Å². The van der Waals surface area contributed by atoms with Crippen molar-refractivity contribution in [1.82, 2.24) is 0 Å². The van der Waals surface area contributed by atoms with Gasteiger partial charge in [0, 0.05) is 38.9 Å². The van der Waals surface area contributed by atoms with Crippen LogP contribution in [0.15, 0.2) is 24.1 Å². The van der Waals surface area contributed by atoms with Crippen molar-refractivity contribution >= 4 is 21.6 Å². The first kappa shape index (κ1) is 11.8. The van der Waals surface area contributed by atoms with Gasteiger partial charge in [-0.1, -0.05) is 19.1 Å². The second kappa shape index (κ2) is 7.43. The molecule has 4 heteroatoms. The fraction of sp³-hybridized carbons (Fsp3) is 0.500. The summed E-state index contributed by atoms with van der Waals surface area (Å²) >= 11 is 0. The molecule has 0 saturated carbocycles. The van der Waals surface area contributed by atoms with E-state index in [1.807, 2.05) is 6.92 Å². The summed E-state index contributed by atoms with van der Waals surface area (Å²) in [6, 6.07) is 0. The van der Waals surface area contributed by atoms with E-state index in [0.717, 1.165) is 0 Å². The molecule has 0 aliphatic rings. The zero-order valence-electron chi connectivity index (χ0n) is 7.19. The minimum absolute atomic E-state index is 0.470. The lowest BCUT2D eigenvalue weighted by atomic mass is 10.7. The van der Waals surface area contributed by atoms with Crippen LogP contribution in [0.5, 0.6) is 0 Å². The average molecular weight is 206 g/mol. The molecule has 0 aromatic carbocycles. The molecule has 12 heavy (non-hydrogen) atoms. The summed E-state index contributed by atoms with van der Waals surface area (Å²) in [5.41, 5.74) is 0. The summed E-state index contributed by atoms with van der Waals surface area (Å²) in [5.74, 6) is 1.59. The number of hydrogen-bond donors (Lipinski definition) is 0. The smallest absolute Gasteiger partial charge is 0.0450 e. The van der Waals surface area contributed by atoms with Crippen molar-refractivity contribution in [3.05, 3.63) is 24.1 Å². The molecule has 2 unspecified atom stereocenters. The van der Waals surface area contributed by atoms with E-state index in [0.29, 0.717) is 17.3 Å². The summed E-state index contributed by atoms with van der Waals surface area (Å²) in [4.78, 5) is 0. The Kier molecular flexibility index (Phi) is 7.29. The lowest BCUT2D eigenvalue weighted by Gasteiger charge is -1.91. The summed E-state index contributed by atoms with van der Waals surface area (Å²) < 4.78 is 21.9. The summed E-state index contributed by atoms with van der Waals surface area (Å²) in [6.07, 6.45) is 3.33. The average Bonchev–Trinajstić information content (AvgIpc) is 2.04. The summed E-state index contributed by atoms with van der Waals surface area (Å²) in [5, 5.41) is 1.60. The fourth-order valence-corrected chi connectivity index (χ4v) is 1.88. The maximum absolute atomic E-state index is 11.0. The van der Waals surface area contributed by atoms with Crippen molar-refractivity contribution in [2.24, 2.45) is 0 Å². The van der Waals surface area contributed by atoms with Crippen LogP contribution in [0, 0.1) is 0 Å². The zero-order chi connectivity index (χ0) is 9.40. The molecule has 2 atom stereocenters. The quantitative estimate of drug-likeness (QED) is 0.612. The Hall–Kier alpha value is -0.220. The molecule has 0 aliphatic carbocycles. The lowest BCUT2D eigenvalue weighted by Crippen LogP contribution is -1.97. The van der Waals surface area contributed by atoms with E-state index in [9.17, 15) is 8.42 Å². The van der Waals surface area contributed by atoms with Gasteiger partial charge in [-0.15, -0.1) is 6.58 Å². The van der Waals surface area contributed by atoms with E-state index >= 15 is 0 Å². The molecule has 0 radical (unpaired) electrons. The van der Waals surface area contributed by atoms with Gasteiger partial charge >= 0.3 is 0 Å². The molecule has 2 nitrogen and oxygen atoms in total. The maximum atomic E-state index is 11.0. The molecule has 0 aromatic rings. The van der Waals surface area contributed by atoms with E-state index < -0.39 is 21.6 Å². The van der Waals surface area contributed by atoms with Crippen molar-refractivity contribution < 1.29 is 8.42 Å². The van der Waals surface area contributed by atoms with Gasteiger partial charge in [-0.2, -0.15) is 0 Å². The standard InChI is InChI=1S/C8H14O2S2/c1-3-6-12(10)8-5-7-11(9)4-2/h3,5,7H,1,4,6,8H2,2H3/b7-5-. The van der Waals surface area contributed by atoms with Crippen LogP contribution in [0.2, 0.25) is 0 Å². The van der Waals surface area contributed by atoms with Gasteiger partial charge in [-0.05, 0) is 5.41 Å². The van der Waals surface area contributed by atoms with Crippen LogP contribution in [0.1, 0.15) is 6.92 Å². The lowest BCUT2D eigenvalue weighted by molar-refractivity contribution is 0.687. The predicted molar refractivity (Wildman–Crippen MR) is 55.9 cm³/mol. The Morgan fingerprint density at radius 1 is 1.33 bits per heavy atom. The molecule has 70 valence electrons. The monoisotopic (exact) mass is 206 g/mol. The highest BCUT2D eigenvalue weighted by molar-refractivity contribution is 7.88. The van der Waals surface area contributed by atoms with Crippen LogP contribution < -0.4 is 0 Å². The third kappa shape index (κ3) is 6.49. The van der Waals surface area contributed by atoms with E-state index in [4.69, 9.17) is 0 Å². The Morgan fingerprint density at radius 2 is 2.00 bits per heavy atom. The van der Waals surface area contributed by atoms with Gasteiger partial charge in [0.2, 0.25) is 0 Å². The van der Waals surface area contributed by atoms with Crippen molar-refractivity contribution in [3.8, 4) is 0 Å². The molecule has 0 saturated heterocycles. The van der Waals surface area contributed by atoms with Gasteiger partial charge < -0.3 is 0 Å². The van der Waals surface area contributed by atoms with Crippen LogP contribution in [0.4, 0.5) is 0 Å². The predicted octanol–water partition coefficient (Wildman–Crippen LogP) is 1.20. The highest BCUT2D eigenvalue weighted by atomic mass is 32.2. The third-order valence-electron chi connectivity index (χ3n) is 1.12. The van der Waals surface area contributed by atoms with Crippen molar-refractivity contribution in [3.63, 3.8) is 0 Å². The van der Waals surface area contributed by atoms with Gasteiger partial charge in [0.25, 0.3) is 0 Å². The van der Waals surface area contributed by atoms with Gasteiger partial charge in [-0.3, -0.25) is 8.42 Å². The van der Waals surface area contributed by atoms with Crippen LogP contribution in [-0.4, -0.2) is 25.7 Å². The van der Waals surface area contributed by atoms with E-state index in [1.165, 1.54) is 0 Å². The Morgan fingerprint density at radius 3 is 2.50 bits per heavy atom. The van der Waals surface area contributed by atoms with Crippen LogP contribution in [0.3, 0.4) is 0 Å². The molecular weight excluding hydrogens is 192 g/mol. The third-order valence-corrected chi connectivity index (χ3v) is 3.36. The SMILES string of the molecule is C=CCS(=O)C/C=C\S(=O)CC. The highest BCUT2D eigenvalue weighted by Crippen LogP contribution is 1.88. The van der Waals surface area contributed by atoms with Gasteiger partial charge in [-0.25, -0.2) is 0 Å². The van der Waals surface area contributed by atoms with Gasteiger partial charge in [0.05, 0.1) is 0 Å². The maximum Gasteiger partial charge on any atom is 0.0450 e. The molecule has 0 spiro atoms. The summed E-state index contributed by atoms with van der Waals surface area (Å²) in [6.45, 7) is 5.33. The molecule has 0 aliphatic heterocycles. The van der Waals surface area contributed by atoms with Crippen LogP contribution in [0.25, 0.3) is 0 Å². The number of hydrogen-bond acceptors (Lipinski definition) is 2. The Bertz CT molecular complexity index is 209. The highest BCUT2D eigenvalue weighted by Gasteiger charge is 1.92. The van der Waals surface area contributed by atoms with Crippen molar-refractivity contribution in [2.75, 3.05) is 17.3 Å². The summed E-state index contributed by atoms with van der Waals surface area (Å²) in [7, 11) is -1.77. The van der Waals surface area contributed by atoms with Crippen LogP contribution in [-0.2, 0) is 21.6 Å². The molecule has 0 bridgehead atoms. The molecule has 0 aromatic heterocycles. The molecule has 0 heterocycles. The zero-order valence-corrected chi connectivity index (χ0v) is 8.83. The Labute approximate surface area is 78.7 Å². The molecule has 0 N–H and O–H groups in total. The first-order chi connectivity index (χ1) is 5.70. The Balaban J connectivity index is 3.66. The largest absolute Gasteiger partial charge is 0.259 e. The van der Waals surface area contributed by atoms with E-state index in [1.54, 1.807) is 17.6 Å². The second-order valence-corrected chi connectivity index (χ2v) is 5.26. The van der Waals surface area contributed by atoms with Crippen molar-refractivity contribution in [2.45, 2.75) is 6.92 Å². The van der Waals surface area contributed by atoms with Gasteiger partial charge in [0.1, 0.15) is 0 Å². The molecule has 0 amide bonds. The van der Waals surface area contributed by atoms with Crippen LogP contribution >= 0.6 is 0 Å². The fourth-order valence-electron chi connectivity index (χ4n) is 0.550. The minimum Gasteiger partial charge on any atom is -0.259 e. The van der Waals surface area contributed by atoms with Gasteiger partial charge in [0.15, 0.2) is 0 Å². The first-order valence-corrected chi connectivity index (χ1v) is 6.57. The molecule has 0 rings (SSSR count). The van der Waals surface area contributed by atoms with Crippen molar-refractivity contribution in [1.29, 1.82) is 0 Å². The topological polar surface area (TPSA) is 34.1 Å². The first-order valence-electron chi connectivity index (χ1n) is 3.70. The molecule has 0 fully saturated rings. The van der Waals surface area contributed by atoms with E-state index in [-0.39, 0.29) is 0 Å².